The van der Waals surface area contributed by atoms with Crippen LogP contribution in [0.25, 0.3) is 0 Å². The molecule has 0 saturated heterocycles. The first-order valence-electron chi connectivity index (χ1n) is 23.7. The second-order valence-corrected chi connectivity index (χ2v) is 18.5. The maximum atomic E-state index is 12.9. The van der Waals surface area contributed by atoms with Crippen molar-refractivity contribution in [2.24, 2.45) is 0 Å². The van der Waals surface area contributed by atoms with Gasteiger partial charge in [0.15, 0.2) is 0 Å². The van der Waals surface area contributed by atoms with Crippen molar-refractivity contribution in [1.29, 1.82) is 0 Å². The molecular formula is C49H91N2O6P. The van der Waals surface area contributed by atoms with Crippen molar-refractivity contribution < 1.29 is 32.9 Å². The van der Waals surface area contributed by atoms with E-state index in [1.165, 1.54) is 109 Å². The van der Waals surface area contributed by atoms with Gasteiger partial charge in [0, 0.05) is 6.42 Å². The summed E-state index contributed by atoms with van der Waals surface area (Å²) in [7, 11) is 1.22. The number of carbonyl (C=O) groups is 1. The minimum atomic E-state index is -4.61. The van der Waals surface area contributed by atoms with E-state index in [4.69, 9.17) is 9.05 Å². The van der Waals surface area contributed by atoms with Crippen LogP contribution in [0, 0.1) is 0 Å². The van der Waals surface area contributed by atoms with Crippen LogP contribution in [0.4, 0.5) is 0 Å². The molecule has 0 aliphatic heterocycles. The van der Waals surface area contributed by atoms with Gasteiger partial charge in [0.25, 0.3) is 7.82 Å². The molecule has 0 spiro atoms. The van der Waals surface area contributed by atoms with Crippen molar-refractivity contribution in [3.8, 4) is 0 Å². The van der Waals surface area contributed by atoms with E-state index in [2.05, 4.69) is 67.8 Å². The van der Waals surface area contributed by atoms with Crippen molar-refractivity contribution in [2.75, 3.05) is 40.9 Å². The molecular weight excluding hydrogens is 744 g/mol. The number of carbonyl (C=O) groups excluding carboxylic acids is 1. The molecule has 8 nitrogen and oxygen atoms in total. The summed E-state index contributed by atoms with van der Waals surface area (Å²) < 4.78 is 23.2. The van der Waals surface area contributed by atoms with Crippen molar-refractivity contribution in [1.82, 2.24) is 5.32 Å². The van der Waals surface area contributed by atoms with E-state index in [1.807, 2.05) is 27.2 Å². The SMILES string of the molecule is CCCCC/C=C\C=C/CCCCCCCCC(=O)NC(COP(=O)([O-])OCC[N+](C)(C)C)C(O)/C=C/CC/C=C/CC/C=C/CCCCCCCCCCCCC. The Hall–Kier alpha value is -1.80. The van der Waals surface area contributed by atoms with Crippen LogP contribution in [0.2, 0.25) is 0 Å². The molecule has 1 amide bonds. The summed E-state index contributed by atoms with van der Waals surface area (Å²) >= 11 is 0. The molecule has 0 bridgehead atoms. The Labute approximate surface area is 358 Å². The number of phosphoric ester groups is 1. The van der Waals surface area contributed by atoms with Crippen LogP contribution in [0.3, 0.4) is 0 Å². The van der Waals surface area contributed by atoms with Gasteiger partial charge >= 0.3 is 0 Å². The maximum Gasteiger partial charge on any atom is 0.268 e. The van der Waals surface area contributed by atoms with Gasteiger partial charge in [-0.25, -0.2) is 0 Å². The number of allylic oxidation sites excluding steroid dienone is 9. The van der Waals surface area contributed by atoms with Crippen LogP contribution in [-0.2, 0) is 18.4 Å². The fourth-order valence-corrected chi connectivity index (χ4v) is 7.13. The number of aliphatic hydroxyl groups is 1. The van der Waals surface area contributed by atoms with Crippen LogP contribution < -0.4 is 10.2 Å². The molecule has 0 aliphatic carbocycles. The predicted molar refractivity (Wildman–Crippen MR) is 247 cm³/mol. The molecule has 3 unspecified atom stereocenters. The molecule has 2 N–H and O–H groups in total. The summed E-state index contributed by atoms with van der Waals surface area (Å²) in [4.78, 5) is 25.3. The number of rotatable bonds is 42. The number of hydrogen-bond acceptors (Lipinski definition) is 6. The standard InChI is InChI=1S/C49H91N2O6P/c1-6-8-10-12-14-16-18-20-22-23-24-25-26-27-29-30-32-34-36-38-40-42-48(52)47(46-57-58(54,55)56-45-44-51(3,4)5)50-49(53)43-41-39-37-35-33-31-28-21-19-17-15-13-11-9-7-2/h15,17,19,21,26-27,32,34,40,42,47-48,52H,6-14,16,18,20,22-25,28-31,33,35-39,41,43-46H2,1-5H3,(H-,50,53,54,55)/b17-15-,21-19-,27-26+,34-32+,42-40+. The highest BCUT2D eigenvalue weighted by Gasteiger charge is 2.23. The number of likely N-dealkylation sites (N-methyl/N-ethyl adjacent to an activating group) is 1. The van der Waals surface area contributed by atoms with Crippen LogP contribution in [0.15, 0.2) is 60.8 Å². The molecule has 338 valence electrons. The molecule has 0 fully saturated rings. The first-order chi connectivity index (χ1) is 28.0. The third-order valence-corrected chi connectivity index (χ3v) is 11.2. The topological polar surface area (TPSA) is 108 Å². The number of unbranched alkanes of at least 4 members (excludes halogenated alkanes) is 22. The lowest BCUT2D eigenvalue weighted by Crippen LogP contribution is -2.45. The quantitative estimate of drug-likeness (QED) is 0.0208. The van der Waals surface area contributed by atoms with Gasteiger partial charge in [0.1, 0.15) is 13.2 Å². The third-order valence-electron chi connectivity index (χ3n) is 10.2. The van der Waals surface area contributed by atoms with Crippen LogP contribution in [0.1, 0.15) is 194 Å². The van der Waals surface area contributed by atoms with Crippen LogP contribution in [-0.4, -0.2) is 68.5 Å². The zero-order valence-electron chi connectivity index (χ0n) is 38.2. The number of nitrogens with zero attached hydrogens (tertiary/aromatic N) is 1. The van der Waals surface area contributed by atoms with Crippen molar-refractivity contribution in [3.05, 3.63) is 60.8 Å². The highest BCUT2D eigenvalue weighted by molar-refractivity contribution is 7.45. The minimum Gasteiger partial charge on any atom is -0.756 e. The fraction of sp³-hybridized carbons (Fsp3) is 0.776. The Balaban J connectivity index is 4.48. The Morgan fingerprint density at radius 2 is 1.02 bits per heavy atom. The van der Waals surface area contributed by atoms with Crippen LogP contribution in [0.5, 0.6) is 0 Å². The van der Waals surface area contributed by atoms with E-state index in [-0.39, 0.29) is 12.5 Å². The van der Waals surface area contributed by atoms with Crippen molar-refractivity contribution in [2.45, 2.75) is 206 Å². The molecule has 0 aromatic carbocycles. The maximum absolute atomic E-state index is 12.9. The Morgan fingerprint density at radius 3 is 1.53 bits per heavy atom. The van der Waals surface area contributed by atoms with E-state index in [0.717, 1.165) is 64.2 Å². The summed E-state index contributed by atoms with van der Waals surface area (Å²) in [6.45, 7) is 4.57. The zero-order valence-corrected chi connectivity index (χ0v) is 39.1. The number of hydrogen-bond donors (Lipinski definition) is 2. The molecule has 0 rings (SSSR count). The number of phosphoric acid groups is 1. The Bertz CT molecular complexity index is 1130. The molecule has 0 aliphatic rings. The van der Waals surface area contributed by atoms with Gasteiger partial charge < -0.3 is 28.8 Å². The lowest BCUT2D eigenvalue weighted by atomic mass is 10.1. The van der Waals surface area contributed by atoms with E-state index in [9.17, 15) is 19.4 Å². The smallest absolute Gasteiger partial charge is 0.268 e. The predicted octanol–water partition coefficient (Wildman–Crippen LogP) is 12.8. The van der Waals surface area contributed by atoms with Crippen molar-refractivity contribution in [3.63, 3.8) is 0 Å². The Kier molecular flexibility index (Phi) is 39.3. The lowest BCUT2D eigenvalue weighted by molar-refractivity contribution is -0.870. The molecule has 0 heterocycles. The summed E-state index contributed by atoms with van der Waals surface area (Å²) in [5.74, 6) is -0.226. The fourth-order valence-electron chi connectivity index (χ4n) is 6.41. The van der Waals surface area contributed by atoms with E-state index in [1.54, 1.807) is 6.08 Å². The average Bonchev–Trinajstić information content (AvgIpc) is 3.17. The summed E-state index contributed by atoms with van der Waals surface area (Å²) in [6.07, 6.45) is 52.7. The number of nitrogens with one attached hydrogen (secondary N) is 1. The first kappa shape index (κ1) is 56.2. The second kappa shape index (κ2) is 40.6. The average molecular weight is 835 g/mol. The first-order valence-corrected chi connectivity index (χ1v) is 25.1. The molecule has 0 radical (unpaired) electrons. The van der Waals surface area contributed by atoms with E-state index in [0.29, 0.717) is 17.4 Å². The monoisotopic (exact) mass is 835 g/mol. The third kappa shape index (κ3) is 42.3. The molecule has 0 saturated carbocycles. The zero-order chi connectivity index (χ0) is 42.8. The normalized spacial score (nSPS) is 14.8. The molecule has 0 aromatic heterocycles. The number of quaternary nitrogens is 1. The molecule has 58 heavy (non-hydrogen) atoms. The number of amides is 1. The van der Waals surface area contributed by atoms with Gasteiger partial charge in [-0.1, -0.05) is 177 Å². The highest BCUT2D eigenvalue weighted by atomic mass is 31.2. The van der Waals surface area contributed by atoms with Crippen molar-refractivity contribution >= 4 is 13.7 Å². The minimum absolute atomic E-state index is 0.0136. The molecule has 3 atom stereocenters. The summed E-state index contributed by atoms with van der Waals surface area (Å²) in [6, 6.07) is -0.917. The van der Waals surface area contributed by atoms with Gasteiger partial charge in [-0.15, -0.1) is 0 Å². The van der Waals surface area contributed by atoms with Gasteiger partial charge in [0.05, 0.1) is 39.9 Å². The van der Waals surface area contributed by atoms with Crippen LogP contribution >= 0.6 is 7.82 Å². The summed E-state index contributed by atoms with van der Waals surface area (Å²) in [5, 5.41) is 13.8. The lowest BCUT2D eigenvalue weighted by Gasteiger charge is -2.29. The van der Waals surface area contributed by atoms with Gasteiger partial charge in [-0.05, 0) is 70.6 Å². The molecule has 0 aromatic rings. The Morgan fingerprint density at radius 1 is 0.603 bits per heavy atom. The van der Waals surface area contributed by atoms with Gasteiger partial charge in [-0.2, -0.15) is 0 Å². The largest absolute Gasteiger partial charge is 0.756 e. The second-order valence-electron chi connectivity index (χ2n) is 17.1. The van der Waals surface area contributed by atoms with E-state index >= 15 is 0 Å². The number of aliphatic hydroxyl groups excluding tert-OH is 1. The van der Waals surface area contributed by atoms with Gasteiger partial charge in [0.2, 0.25) is 5.91 Å². The summed E-state index contributed by atoms with van der Waals surface area (Å²) in [5.41, 5.74) is 0. The van der Waals surface area contributed by atoms with E-state index < -0.39 is 26.6 Å². The molecule has 9 heteroatoms. The highest BCUT2D eigenvalue weighted by Crippen LogP contribution is 2.38. The van der Waals surface area contributed by atoms with Gasteiger partial charge in [-0.3, -0.25) is 9.36 Å².